The van der Waals surface area contributed by atoms with Gasteiger partial charge in [0.05, 0.1) is 0 Å². The van der Waals surface area contributed by atoms with Crippen LogP contribution < -0.4 is 0 Å². The highest BCUT2D eigenvalue weighted by molar-refractivity contribution is 7.86. The molecule has 0 aliphatic heterocycles. The third-order valence-corrected chi connectivity index (χ3v) is 1.79. The predicted octanol–water partition coefficient (Wildman–Crippen LogP) is 0.0262. The molecule has 80 valence electrons. The number of hydrogen-bond donors (Lipinski definition) is 2. The molecule has 0 aromatic carbocycles. The second kappa shape index (κ2) is 3.36. The van der Waals surface area contributed by atoms with E-state index < -0.39 is 28.3 Å². The third kappa shape index (κ3) is 2.27. The topological polar surface area (TPSA) is 83.8 Å². The average Bonchev–Trinajstić information content (AvgIpc) is 1.84. The van der Waals surface area contributed by atoms with Crippen LogP contribution in [0.2, 0.25) is 0 Å². The van der Waals surface area contributed by atoms with Crippen molar-refractivity contribution in [2.75, 3.05) is 6.79 Å². The van der Waals surface area contributed by atoms with Crippen molar-refractivity contribution in [3.63, 3.8) is 0 Å². The Balaban J connectivity index is 5.04. The minimum Gasteiger partial charge on any atom is -0.370 e. The van der Waals surface area contributed by atoms with Crippen LogP contribution in [0.4, 0.5) is 17.6 Å². The molecule has 0 amide bonds. The standard InChI is InChI=1S/C3H4F4O5S/c4-2(5,12-1-8)3(6,7)13(9,10)11/h8H,1H2,(H,9,10,11). The normalized spacial score (nSPS) is 14.6. The first-order chi connectivity index (χ1) is 5.56. The van der Waals surface area contributed by atoms with E-state index in [0.717, 1.165) is 0 Å². The molecule has 0 atom stereocenters. The van der Waals surface area contributed by atoms with E-state index in [-0.39, 0.29) is 0 Å². The van der Waals surface area contributed by atoms with Crippen LogP contribution in [0.25, 0.3) is 0 Å². The maximum atomic E-state index is 12.1. The summed E-state index contributed by atoms with van der Waals surface area (Å²) in [6, 6.07) is 0. The summed E-state index contributed by atoms with van der Waals surface area (Å²) < 4.78 is 78.1. The highest BCUT2D eigenvalue weighted by Crippen LogP contribution is 2.38. The Morgan fingerprint density at radius 3 is 1.85 bits per heavy atom. The molecule has 0 aromatic heterocycles. The van der Waals surface area contributed by atoms with Crippen molar-refractivity contribution in [1.82, 2.24) is 0 Å². The van der Waals surface area contributed by atoms with E-state index in [0.29, 0.717) is 0 Å². The summed E-state index contributed by atoms with van der Waals surface area (Å²) in [6.07, 6.45) is -5.49. The van der Waals surface area contributed by atoms with Gasteiger partial charge < -0.3 is 5.11 Å². The van der Waals surface area contributed by atoms with Gasteiger partial charge in [0.2, 0.25) is 0 Å². The highest BCUT2D eigenvalue weighted by Gasteiger charge is 2.67. The van der Waals surface area contributed by atoms with Gasteiger partial charge in [0.25, 0.3) is 0 Å². The summed E-state index contributed by atoms with van der Waals surface area (Å²) in [5, 5.41) is 1.92. The predicted molar refractivity (Wildman–Crippen MR) is 29.6 cm³/mol. The second-order valence-corrected chi connectivity index (χ2v) is 3.24. The van der Waals surface area contributed by atoms with Crippen LogP contribution in [0.15, 0.2) is 0 Å². The van der Waals surface area contributed by atoms with Gasteiger partial charge in [0, 0.05) is 0 Å². The smallest absolute Gasteiger partial charge is 0.370 e. The number of rotatable bonds is 4. The van der Waals surface area contributed by atoms with Crippen LogP contribution in [-0.2, 0) is 14.9 Å². The van der Waals surface area contributed by atoms with Gasteiger partial charge in [-0.1, -0.05) is 0 Å². The Kier molecular flexibility index (Phi) is 3.25. The number of ether oxygens (including phenoxy) is 1. The molecule has 0 saturated carbocycles. The average molecular weight is 228 g/mol. The molecule has 0 rings (SSSR count). The first kappa shape index (κ1) is 12.6. The summed E-state index contributed by atoms with van der Waals surface area (Å²) in [7, 11) is -6.30. The Morgan fingerprint density at radius 2 is 1.62 bits per heavy atom. The Morgan fingerprint density at radius 1 is 1.23 bits per heavy atom. The molecule has 0 aliphatic carbocycles. The highest BCUT2D eigenvalue weighted by atomic mass is 32.2. The maximum absolute atomic E-state index is 12.1. The van der Waals surface area contributed by atoms with E-state index in [4.69, 9.17) is 9.66 Å². The molecule has 0 fully saturated rings. The van der Waals surface area contributed by atoms with Crippen molar-refractivity contribution in [2.45, 2.75) is 11.4 Å². The molecule has 10 heteroatoms. The van der Waals surface area contributed by atoms with Gasteiger partial charge in [-0.05, 0) is 0 Å². The molecule has 2 N–H and O–H groups in total. The fourth-order valence-electron chi connectivity index (χ4n) is 0.315. The van der Waals surface area contributed by atoms with Crippen LogP contribution in [0.3, 0.4) is 0 Å². The van der Waals surface area contributed by atoms with Crippen molar-refractivity contribution in [1.29, 1.82) is 0 Å². The van der Waals surface area contributed by atoms with Crippen LogP contribution in [-0.4, -0.2) is 36.2 Å². The lowest BCUT2D eigenvalue weighted by atomic mass is 10.6. The molecule has 0 radical (unpaired) electrons. The molecule has 0 spiro atoms. The third-order valence-electron chi connectivity index (χ3n) is 0.909. The summed E-state index contributed by atoms with van der Waals surface area (Å²) >= 11 is 0. The zero-order chi connectivity index (χ0) is 10.9. The largest absolute Gasteiger partial charge is 0.460 e. The summed E-state index contributed by atoms with van der Waals surface area (Å²) in [5.74, 6) is 0. The van der Waals surface area contributed by atoms with E-state index in [2.05, 4.69) is 4.74 Å². The van der Waals surface area contributed by atoms with Crippen molar-refractivity contribution < 1.29 is 40.4 Å². The lowest BCUT2D eigenvalue weighted by molar-refractivity contribution is -0.336. The van der Waals surface area contributed by atoms with Gasteiger partial charge in [0.1, 0.15) is 6.79 Å². The van der Waals surface area contributed by atoms with E-state index in [1.54, 1.807) is 0 Å². The summed E-state index contributed by atoms with van der Waals surface area (Å²) in [4.78, 5) is 0. The van der Waals surface area contributed by atoms with Crippen LogP contribution in [0, 0.1) is 0 Å². The zero-order valence-electron chi connectivity index (χ0n) is 5.75. The maximum Gasteiger partial charge on any atom is 0.460 e. The number of hydrogen-bond acceptors (Lipinski definition) is 4. The molecule has 0 unspecified atom stereocenters. The van der Waals surface area contributed by atoms with Crippen molar-refractivity contribution >= 4 is 10.1 Å². The minimum atomic E-state index is -6.30. The summed E-state index contributed by atoms with van der Waals surface area (Å²) in [6.45, 7) is -1.82. The van der Waals surface area contributed by atoms with Gasteiger partial charge >= 0.3 is 21.5 Å². The molecule has 0 aromatic rings. The molecule has 0 bridgehead atoms. The first-order valence-electron chi connectivity index (χ1n) is 2.53. The van der Waals surface area contributed by atoms with Crippen LogP contribution in [0.1, 0.15) is 0 Å². The van der Waals surface area contributed by atoms with E-state index in [1.807, 2.05) is 0 Å². The van der Waals surface area contributed by atoms with E-state index in [1.165, 1.54) is 0 Å². The lowest BCUT2D eigenvalue weighted by Gasteiger charge is -2.21. The molecular formula is C3H4F4O5S. The number of halogens is 4. The Hall–Kier alpha value is -0.450. The molecule has 5 nitrogen and oxygen atoms in total. The molecule has 13 heavy (non-hydrogen) atoms. The quantitative estimate of drug-likeness (QED) is 0.402. The number of alkyl halides is 4. The van der Waals surface area contributed by atoms with Crippen LogP contribution >= 0.6 is 0 Å². The minimum absolute atomic E-state index is 1.82. The van der Waals surface area contributed by atoms with Crippen LogP contribution in [0.5, 0.6) is 0 Å². The fraction of sp³-hybridized carbons (Fsp3) is 1.00. The van der Waals surface area contributed by atoms with E-state index in [9.17, 15) is 26.0 Å². The van der Waals surface area contributed by atoms with Gasteiger partial charge in [-0.15, -0.1) is 0 Å². The van der Waals surface area contributed by atoms with Gasteiger partial charge in [-0.2, -0.15) is 26.0 Å². The number of aliphatic hydroxyl groups excluding tert-OH is 1. The Bertz CT molecular complexity index is 272. The van der Waals surface area contributed by atoms with Crippen molar-refractivity contribution in [3.05, 3.63) is 0 Å². The second-order valence-electron chi connectivity index (χ2n) is 1.78. The lowest BCUT2D eigenvalue weighted by Crippen LogP contribution is -2.48. The SMILES string of the molecule is O=S(=O)(O)C(F)(F)C(F)(F)OCO. The van der Waals surface area contributed by atoms with Gasteiger partial charge in [-0.3, -0.25) is 9.29 Å². The molecule has 0 heterocycles. The summed E-state index contributed by atoms with van der Waals surface area (Å²) in [5.41, 5.74) is 0. The van der Waals surface area contributed by atoms with Crippen molar-refractivity contribution in [2.24, 2.45) is 0 Å². The molecule has 0 saturated heterocycles. The van der Waals surface area contributed by atoms with Gasteiger partial charge in [-0.25, -0.2) is 0 Å². The van der Waals surface area contributed by atoms with Crippen molar-refractivity contribution in [3.8, 4) is 0 Å². The molecular weight excluding hydrogens is 224 g/mol. The first-order valence-corrected chi connectivity index (χ1v) is 3.98. The molecule has 0 aliphatic rings. The zero-order valence-corrected chi connectivity index (χ0v) is 6.56. The van der Waals surface area contributed by atoms with E-state index >= 15 is 0 Å². The Labute approximate surface area is 69.7 Å². The number of aliphatic hydroxyl groups is 1. The fourth-order valence-corrected chi connectivity index (χ4v) is 0.674. The monoisotopic (exact) mass is 228 g/mol. The van der Waals surface area contributed by atoms with Gasteiger partial charge in [0.15, 0.2) is 0 Å².